The highest BCUT2D eigenvalue weighted by Gasteiger charge is 2.38. The summed E-state index contributed by atoms with van der Waals surface area (Å²) in [6.45, 7) is 3.91. The third kappa shape index (κ3) is 4.45. The lowest BCUT2D eigenvalue weighted by Gasteiger charge is -2.36. The van der Waals surface area contributed by atoms with Gasteiger partial charge in [0, 0.05) is 30.8 Å². The van der Waals surface area contributed by atoms with Crippen LogP contribution >= 0.6 is 0 Å². The van der Waals surface area contributed by atoms with Gasteiger partial charge in [-0.2, -0.15) is 0 Å². The first-order valence-corrected chi connectivity index (χ1v) is 11.4. The minimum atomic E-state index is -0.171. The van der Waals surface area contributed by atoms with Crippen molar-refractivity contribution in [2.45, 2.75) is 38.6 Å². The van der Waals surface area contributed by atoms with E-state index in [0.29, 0.717) is 18.7 Å². The van der Waals surface area contributed by atoms with Crippen LogP contribution in [0.2, 0.25) is 0 Å². The molecule has 2 saturated heterocycles. The van der Waals surface area contributed by atoms with E-state index in [2.05, 4.69) is 0 Å². The number of piperidine rings is 1. The molecular weight excluding hydrogens is 404 g/mol. The van der Waals surface area contributed by atoms with Crippen molar-refractivity contribution in [3.8, 4) is 11.5 Å². The van der Waals surface area contributed by atoms with Crippen molar-refractivity contribution in [1.29, 1.82) is 0 Å². The Morgan fingerprint density at radius 2 is 1.69 bits per heavy atom. The first-order chi connectivity index (χ1) is 15.5. The highest BCUT2D eigenvalue weighted by Crippen LogP contribution is 2.40. The molecule has 2 amide bonds. The Balaban J connectivity index is 1.51. The quantitative estimate of drug-likeness (QED) is 0.704. The minimum absolute atomic E-state index is 0.00920. The number of carbonyl (C=O) groups excluding carboxylic acids is 2. The van der Waals surface area contributed by atoms with Crippen molar-refractivity contribution >= 4 is 11.8 Å². The topological polar surface area (TPSA) is 59.1 Å². The van der Waals surface area contributed by atoms with E-state index >= 15 is 0 Å². The van der Waals surface area contributed by atoms with E-state index in [1.54, 1.807) is 14.2 Å². The molecule has 0 aromatic heterocycles. The second-order valence-corrected chi connectivity index (χ2v) is 8.75. The third-order valence-corrected chi connectivity index (χ3v) is 6.69. The molecule has 4 rings (SSSR count). The van der Waals surface area contributed by atoms with Gasteiger partial charge in [0.15, 0.2) is 0 Å². The predicted octanol–water partition coefficient (Wildman–Crippen LogP) is 4.23. The van der Waals surface area contributed by atoms with E-state index in [4.69, 9.17) is 9.47 Å². The number of hydrogen-bond acceptors (Lipinski definition) is 4. The number of carbonyl (C=O) groups is 2. The number of amides is 2. The highest BCUT2D eigenvalue weighted by atomic mass is 16.5. The van der Waals surface area contributed by atoms with Crippen LogP contribution in [0.15, 0.2) is 42.5 Å². The number of benzene rings is 2. The summed E-state index contributed by atoms with van der Waals surface area (Å²) in [6.07, 6.45) is 3.51. The summed E-state index contributed by atoms with van der Waals surface area (Å²) in [5.74, 6) is 1.51. The Labute approximate surface area is 190 Å². The fraction of sp³-hybridized carbons (Fsp3) is 0.462. The van der Waals surface area contributed by atoms with Crippen LogP contribution in [-0.2, 0) is 4.79 Å². The van der Waals surface area contributed by atoms with Gasteiger partial charge in [-0.1, -0.05) is 17.7 Å². The number of rotatable bonds is 5. The van der Waals surface area contributed by atoms with Crippen LogP contribution in [-0.4, -0.2) is 55.5 Å². The summed E-state index contributed by atoms with van der Waals surface area (Å²) in [7, 11) is 3.30. The van der Waals surface area contributed by atoms with Gasteiger partial charge in [0.1, 0.15) is 11.5 Å². The van der Waals surface area contributed by atoms with Gasteiger partial charge < -0.3 is 19.3 Å². The summed E-state index contributed by atoms with van der Waals surface area (Å²) in [4.78, 5) is 30.4. The lowest BCUT2D eigenvalue weighted by atomic mass is 9.94. The molecule has 0 aliphatic carbocycles. The van der Waals surface area contributed by atoms with Crippen molar-refractivity contribution in [1.82, 2.24) is 9.80 Å². The van der Waals surface area contributed by atoms with E-state index in [1.165, 1.54) is 0 Å². The van der Waals surface area contributed by atoms with Crippen LogP contribution in [0, 0.1) is 12.8 Å². The van der Waals surface area contributed by atoms with Gasteiger partial charge in [-0.05, 0) is 62.9 Å². The Kier molecular flexibility index (Phi) is 6.68. The number of ether oxygens (including phenoxy) is 2. The van der Waals surface area contributed by atoms with Crippen LogP contribution in [0.1, 0.15) is 53.2 Å². The van der Waals surface area contributed by atoms with E-state index in [1.807, 2.05) is 59.2 Å². The molecule has 2 heterocycles. The number of methoxy groups -OCH3 is 2. The van der Waals surface area contributed by atoms with Crippen LogP contribution in [0.25, 0.3) is 0 Å². The van der Waals surface area contributed by atoms with Crippen LogP contribution in [0.5, 0.6) is 11.5 Å². The van der Waals surface area contributed by atoms with E-state index in [0.717, 1.165) is 54.9 Å². The molecule has 2 aliphatic heterocycles. The Bertz CT molecular complexity index is 972. The average Bonchev–Trinajstić information content (AvgIpc) is 3.33. The molecule has 2 unspecified atom stereocenters. The fourth-order valence-corrected chi connectivity index (χ4v) is 4.93. The van der Waals surface area contributed by atoms with Gasteiger partial charge in [-0.15, -0.1) is 0 Å². The van der Waals surface area contributed by atoms with E-state index in [9.17, 15) is 9.59 Å². The molecular formula is C26H32N2O4. The second-order valence-electron chi connectivity index (χ2n) is 8.75. The summed E-state index contributed by atoms with van der Waals surface area (Å²) < 4.78 is 11.0. The zero-order valence-corrected chi connectivity index (χ0v) is 19.2. The third-order valence-electron chi connectivity index (χ3n) is 6.69. The molecule has 0 radical (unpaired) electrons. The molecule has 2 atom stereocenters. The van der Waals surface area contributed by atoms with Gasteiger partial charge in [-0.3, -0.25) is 9.59 Å². The van der Waals surface area contributed by atoms with E-state index in [-0.39, 0.29) is 23.8 Å². The fourth-order valence-electron chi connectivity index (χ4n) is 4.93. The van der Waals surface area contributed by atoms with Gasteiger partial charge in [-0.25, -0.2) is 0 Å². The molecule has 6 heteroatoms. The Morgan fingerprint density at radius 3 is 2.41 bits per heavy atom. The first kappa shape index (κ1) is 22.2. The zero-order valence-electron chi connectivity index (χ0n) is 19.2. The number of hydrogen-bond donors (Lipinski definition) is 0. The molecule has 0 saturated carbocycles. The van der Waals surface area contributed by atoms with Gasteiger partial charge in [0.25, 0.3) is 5.91 Å². The largest absolute Gasteiger partial charge is 0.497 e. The monoisotopic (exact) mass is 436 g/mol. The second kappa shape index (κ2) is 9.63. The molecule has 2 fully saturated rings. The summed E-state index contributed by atoms with van der Waals surface area (Å²) in [6, 6.07) is 13.4. The molecule has 2 aromatic rings. The van der Waals surface area contributed by atoms with Crippen LogP contribution < -0.4 is 9.47 Å². The maximum Gasteiger partial charge on any atom is 0.253 e. The first-order valence-electron chi connectivity index (χ1n) is 11.4. The van der Waals surface area contributed by atoms with Crippen LogP contribution in [0.3, 0.4) is 0 Å². The molecule has 0 bridgehead atoms. The molecule has 170 valence electrons. The molecule has 2 aromatic carbocycles. The average molecular weight is 437 g/mol. The van der Waals surface area contributed by atoms with Gasteiger partial charge in [0.2, 0.25) is 5.91 Å². The van der Waals surface area contributed by atoms with E-state index < -0.39 is 0 Å². The van der Waals surface area contributed by atoms with Crippen molar-refractivity contribution in [3.05, 3.63) is 59.2 Å². The summed E-state index contributed by atoms with van der Waals surface area (Å²) >= 11 is 0. The van der Waals surface area contributed by atoms with Gasteiger partial charge in [0.05, 0.1) is 26.2 Å². The smallest absolute Gasteiger partial charge is 0.253 e. The normalized spacial score (nSPS) is 20.8. The van der Waals surface area contributed by atoms with Gasteiger partial charge >= 0.3 is 0 Å². The Hall–Kier alpha value is -3.02. The molecule has 6 nitrogen and oxygen atoms in total. The minimum Gasteiger partial charge on any atom is -0.497 e. The Morgan fingerprint density at radius 1 is 0.938 bits per heavy atom. The number of aryl methyl sites for hydroxylation is 1. The maximum atomic E-state index is 13.6. The predicted molar refractivity (Wildman–Crippen MR) is 123 cm³/mol. The van der Waals surface area contributed by atoms with Crippen molar-refractivity contribution in [2.24, 2.45) is 5.92 Å². The lowest BCUT2D eigenvalue weighted by molar-refractivity contribution is -0.138. The standard InChI is InChI=1S/C26H32N2O4/c1-18-8-10-19(11-9-18)25(29)27-14-4-6-20(17-27)26(30)28-15-5-7-23(28)22-16-21(31-2)12-13-24(22)32-3/h8-13,16,20,23H,4-7,14-15,17H2,1-3H3. The number of nitrogens with zero attached hydrogens (tertiary/aromatic N) is 2. The van der Waals surface area contributed by atoms with Crippen LogP contribution in [0.4, 0.5) is 0 Å². The zero-order chi connectivity index (χ0) is 22.7. The van der Waals surface area contributed by atoms with Crippen molar-refractivity contribution in [2.75, 3.05) is 33.9 Å². The van der Waals surface area contributed by atoms with Crippen molar-refractivity contribution < 1.29 is 19.1 Å². The number of likely N-dealkylation sites (tertiary alicyclic amines) is 2. The maximum absolute atomic E-state index is 13.6. The molecule has 0 N–H and O–H groups in total. The SMILES string of the molecule is COc1ccc(OC)c(C2CCCN2C(=O)C2CCCN(C(=O)c3ccc(C)cc3)C2)c1. The summed E-state index contributed by atoms with van der Waals surface area (Å²) in [5, 5.41) is 0. The highest BCUT2D eigenvalue weighted by molar-refractivity contribution is 5.94. The molecule has 2 aliphatic rings. The molecule has 32 heavy (non-hydrogen) atoms. The van der Waals surface area contributed by atoms with Crippen molar-refractivity contribution in [3.63, 3.8) is 0 Å². The lowest BCUT2D eigenvalue weighted by Crippen LogP contribution is -2.46. The molecule has 0 spiro atoms. The summed E-state index contributed by atoms with van der Waals surface area (Å²) in [5.41, 5.74) is 2.80.